The van der Waals surface area contributed by atoms with Crippen LogP contribution in [-0.4, -0.2) is 69.2 Å². The average Bonchev–Trinajstić information content (AvgIpc) is 2.84. The van der Waals surface area contributed by atoms with Crippen molar-refractivity contribution in [1.82, 2.24) is 4.90 Å². The maximum absolute atomic E-state index is 13.8. The van der Waals surface area contributed by atoms with Crippen molar-refractivity contribution < 1.29 is 34.5 Å². The van der Waals surface area contributed by atoms with Crippen molar-refractivity contribution in [3.8, 4) is 23.3 Å². The number of nitrogens with two attached hydrogens (primary N) is 1. The van der Waals surface area contributed by atoms with E-state index in [0.29, 0.717) is 16.7 Å². The van der Waals surface area contributed by atoms with Gasteiger partial charge in [-0.25, -0.2) is 0 Å². The summed E-state index contributed by atoms with van der Waals surface area (Å²) in [6, 6.07) is 8.42. The topological polar surface area (TPSA) is 158 Å². The molecule has 0 aliphatic heterocycles. The highest BCUT2D eigenvalue weighted by Crippen LogP contribution is 2.52. The molecule has 0 aromatic heterocycles. The van der Waals surface area contributed by atoms with E-state index in [1.165, 1.54) is 18.2 Å². The predicted molar refractivity (Wildman–Crippen MR) is 135 cm³/mol. The molecule has 2 aromatic carbocycles. The van der Waals surface area contributed by atoms with Crippen molar-refractivity contribution in [3.05, 3.63) is 58.7 Å². The first-order chi connectivity index (χ1) is 17.9. The molecule has 2 aromatic rings. The second-order valence-corrected chi connectivity index (χ2v) is 10.7. The van der Waals surface area contributed by atoms with Crippen molar-refractivity contribution in [3.63, 3.8) is 0 Å². The largest absolute Gasteiger partial charge is 0.508 e. The zero-order chi connectivity index (χ0) is 27.5. The fourth-order valence-electron chi connectivity index (χ4n) is 6.55. The number of hydrogen-bond acceptors (Lipinski definition) is 8. The van der Waals surface area contributed by atoms with Gasteiger partial charge in [0.05, 0.1) is 17.5 Å². The van der Waals surface area contributed by atoms with Gasteiger partial charge in [0.15, 0.2) is 17.3 Å². The van der Waals surface area contributed by atoms with Crippen molar-refractivity contribution >= 4 is 23.3 Å². The average molecular weight is 517 g/mol. The summed E-state index contributed by atoms with van der Waals surface area (Å²) in [5, 5.41) is 32.0. The zero-order valence-corrected chi connectivity index (χ0v) is 21.0. The summed E-state index contributed by atoms with van der Waals surface area (Å²) < 4.78 is 0. The molecule has 6 unspecified atom stereocenters. The van der Waals surface area contributed by atoms with E-state index in [4.69, 9.17) is 5.73 Å². The molecule has 2 saturated carbocycles. The smallest absolute Gasteiger partial charge is 0.228 e. The van der Waals surface area contributed by atoms with E-state index in [1.807, 2.05) is 0 Å². The Hall–Kier alpha value is -4.00. The van der Waals surface area contributed by atoms with Gasteiger partial charge in [-0.05, 0) is 68.8 Å². The highest BCUT2D eigenvalue weighted by Gasteiger charge is 2.64. The number of benzene rings is 2. The van der Waals surface area contributed by atoms with E-state index < -0.39 is 65.0 Å². The summed E-state index contributed by atoms with van der Waals surface area (Å²) >= 11 is 0. The molecule has 1 amide bonds. The number of primary amides is 1. The lowest BCUT2D eigenvalue weighted by Crippen LogP contribution is -2.69. The van der Waals surface area contributed by atoms with Crippen molar-refractivity contribution in [2.24, 2.45) is 29.4 Å². The van der Waals surface area contributed by atoms with Crippen LogP contribution >= 0.6 is 0 Å². The minimum atomic E-state index is -2.08. The number of hydrogen-bond donors (Lipinski definition) is 4. The summed E-state index contributed by atoms with van der Waals surface area (Å²) in [6.07, 6.45) is -0.0386. The second kappa shape index (κ2) is 9.08. The Balaban J connectivity index is 1.58. The molecule has 0 bridgehead atoms. The molecule has 5 rings (SSSR count). The van der Waals surface area contributed by atoms with E-state index in [9.17, 15) is 34.5 Å². The van der Waals surface area contributed by atoms with Crippen LogP contribution in [0.3, 0.4) is 0 Å². The summed E-state index contributed by atoms with van der Waals surface area (Å²) in [4.78, 5) is 54.4. The Labute approximate surface area is 219 Å². The number of aliphatic hydroxyl groups is 1. The number of phenolic OH excluding ortho intramolecular Hbond substituents is 2. The van der Waals surface area contributed by atoms with Crippen LogP contribution in [0.25, 0.3) is 0 Å². The molecular formula is C29H28N2O7. The lowest BCUT2D eigenvalue weighted by atomic mass is 9.52. The third-order valence-corrected chi connectivity index (χ3v) is 8.26. The molecule has 0 heterocycles. The van der Waals surface area contributed by atoms with E-state index in [0.717, 1.165) is 0 Å². The highest BCUT2D eigenvalue weighted by atomic mass is 16.3. The van der Waals surface area contributed by atoms with E-state index in [2.05, 4.69) is 11.8 Å². The molecule has 38 heavy (non-hydrogen) atoms. The summed E-state index contributed by atoms with van der Waals surface area (Å²) in [7, 11) is 3.27. The first kappa shape index (κ1) is 25.6. The molecule has 6 atom stereocenters. The van der Waals surface area contributed by atoms with Crippen molar-refractivity contribution in [2.45, 2.75) is 30.9 Å². The number of rotatable bonds is 2. The Morgan fingerprint density at radius 1 is 1.11 bits per heavy atom. The standard InChI is InChI=1S/C29H28N2O7/c1-31(2)24-20-12-16-11-18-15(7-6-14-4-3-5-17(32)10-14)8-9-21(33)23(18)26(35)22(16)27(36)29(20,38)13-19(25(24)34)28(30)37/h3-5,8-10,16,19-20,22,24,32-33,38H,11-13H2,1-2H3,(H2,30,37). The fourth-order valence-corrected chi connectivity index (χ4v) is 6.55. The van der Waals surface area contributed by atoms with Gasteiger partial charge < -0.3 is 21.1 Å². The molecule has 3 aliphatic rings. The maximum atomic E-state index is 13.8. The normalized spacial score (nSPS) is 30.1. The third kappa shape index (κ3) is 3.88. The Kier molecular flexibility index (Phi) is 6.13. The number of fused-ring (bicyclic) bond motifs is 3. The molecule has 196 valence electrons. The molecule has 0 saturated heterocycles. The third-order valence-electron chi connectivity index (χ3n) is 8.26. The highest BCUT2D eigenvalue weighted by molar-refractivity contribution is 6.17. The summed E-state index contributed by atoms with van der Waals surface area (Å²) in [5.41, 5.74) is 4.92. The number of Topliss-reactive ketones (excluding diaryl/α,β-unsaturated/α-hetero) is 3. The van der Waals surface area contributed by atoms with Crippen LogP contribution in [-0.2, 0) is 20.8 Å². The number of aromatic hydroxyl groups is 2. The van der Waals surface area contributed by atoms with E-state index in [-0.39, 0.29) is 29.9 Å². The van der Waals surface area contributed by atoms with Gasteiger partial charge in [0.1, 0.15) is 23.0 Å². The molecule has 9 heteroatoms. The van der Waals surface area contributed by atoms with Gasteiger partial charge in [-0.2, -0.15) is 0 Å². The first-order valence-electron chi connectivity index (χ1n) is 12.4. The quantitative estimate of drug-likeness (QED) is 0.337. The summed E-state index contributed by atoms with van der Waals surface area (Å²) in [6.45, 7) is 0. The lowest BCUT2D eigenvalue weighted by molar-refractivity contribution is -0.176. The molecule has 5 N–H and O–H groups in total. The van der Waals surface area contributed by atoms with Gasteiger partial charge in [0, 0.05) is 23.5 Å². The van der Waals surface area contributed by atoms with Gasteiger partial charge in [-0.15, -0.1) is 0 Å². The van der Waals surface area contributed by atoms with E-state index >= 15 is 0 Å². The van der Waals surface area contributed by atoms with Crippen molar-refractivity contribution in [2.75, 3.05) is 14.1 Å². The van der Waals surface area contributed by atoms with Gasteiger partial charge >= 0.3 is 0 Å². The Morgan fingerprint density at radius 2 is 1.84 bits per heavy atom. The molecular weight excluding hydrogens is 488 g/mol. The van der Waals surface area contributed by atoms with Gasteiger partial charge in [0.25, 0.3) is 0 Å². The van der Waals surface area contributed by atoms with Crippen molar-refractivity contribution in [1.29, 1.82) is 0 Å². The van der Waals surface area contributed by atoms with Gasteiger partial charge in [-0.3, -0.25) is 24.1 Å². The molecule has 9 nitrogen and oxygen atoms in total. The molecule has 2 fully saturated rings. The van der Waals surface area contributed by atoms with Crippen LogP contribution in [0, 0.1) is 35.5 Å². The minimum absolute atomic E-state index is 0.00754. The van der Waals surface area contributed by atoms with Gasteiger partial charge in [0.2, 0.25) is 5.91 Å². The number of amides is 1. The predicted octanol–water partition coefficient (Wildman–Crippen LogP) is 0.793. The van der Waals surface area contributed by atoms with Crippen LogP contribution in [0.5, 0.6) is 11.5 Å². The summed E-state index contributed by atoms with van der Waals surface area (Å²) in [5.74, 6) is -0.900. The zero-order valence-electron chi connectivity index (χ0n) is 21.0. The molecule has 0 spiro atoms. The number of carbonyl (C=O) groups is 4. The molecule has 0 radical (unpaired) electrons. The van der Waals surface area contributed by atoms with Crippen LogP contribution in [0.15, 0.2) is 36.4 Å². The van der Waals surface area contributed by atoms with Gasteiger partial charge in [-0.1, -0.05) is 17.9 Å². The minimum Gasteiger partial charge on any atom is -0.508 e. The second-order valence-electron chi connectivity index (χ2n) is 10.7. The SMILES string of the molecule is CN(C)C1C(=O)C(C(N)=O)CC2(O)C(=O)C3C(=O)c4c(O)ccc(C#Cc5cccc(O)c5)c4CC3CC12. The lowest BCUT2D eigenvalue weighted by Gasteiger charge is -2.53. The van der Waals surface area contributed by atoms with Crippen LogP contribution < -0.4 is 5.73 Å². The van der Waals surface area contributed by atoms with Crippen LogP contribution in [0.4, 0.5) is 0 Å². The monoisotopic (exact) mass is 516 g/mol. The van der Waals surface area contributed by atoms with E-state index in [1.54, 1.807) is 37.2 Å². The number of likely N-dealkylation sites (N-methyl/N-ethyl adjacent to an activating group) is 1. The first-order valence-corrected chi connectivity index (χ1v) is 12.4. The van der Waals surface area contributed by atoms with Crippen LogP contribution in [0.2, 0.25) is 0 Å². The fraction of sp³-hybridized carbons (Fsp3) is 0.379. The Morgan fingerprint density at radius 3 is 2.50 bits per heavy atom. The number of phenols is 2. The Bertz CT molecular complexity index is 1450. The van der Waals surface area contributed by atoms with Crippen LogP contribution in [0.1, 0.15) is 39.9 Å². The number of nitrogens with zero attached hydrogens (tertiary/aromatic N) is 1. The molecule has 3 aliphatic carbocycles. The maximum Gasteiger partial charge on any atom is 0.228 e. The number of carbonyl (C=O) groups excluding carboxylic acids is 4. The number of ketones is 3.